The molecule has 2 rings (SSSR count). The van der Waals surface area contributed by atoms with Crippen LogP contribution in [0.1, 0.15) is 26.7 Å². The highest BCUT2D eigenvalue weighted by molar-refractivity contribution is 9.09. The van der Waals surface area contributed by atoms with Crippen LogP contribution in [0.15, 0.2) is 10.2 Å². The first-order valence-electron chi connectivity index (χ1n) is 5.64. The van der Waals surface area contributed by atoms with Crippen LogP contribution in [0.4, 0.5) is 0 Å². The van der Waals surface area contributed by atoms with E-state index in [1.54, 1.807) is 0 Å². The molecule has 4 N–H and O–H groups in total. The molecule has 2 saturated carbocycles. The van der Waals surface area contributed by atoms with Crippen molar-refractivity contribution in [3.8, 4) is 0 Å². The predicted molar refractivity (Wildman–Crippen MR) is 71.0 cm³/mol. The second-order valence-corrected chi connectivity index (χ2v) is 5.87. The molecule has 3 atom stereocenters. The van der Waals surface area contributed by atoms with Gasteiger partial charge >= 0.3 is 0 Å². The quantitative estimate of drug-likeness (QED) is 0.345. The number of guanidine groups is 1. The second-order valence-electron chi connectivity index (χ2n) is 5.31. The van der Waals surface area contributed by atoms with Crippen molar-refractivity contribution in [1.82, 2.24) is 0 Å². The average molecular weight is 301 g/mol. The molecule has 6 heteroatoms. The van der Waals surface area contributed by atoms with Gasteiger partial charge in [-0.1, -0.05) is 29.8 Å². The monoisotopic (exact) mass is 300 g/mol. The third-order valence-corrected chi connectivity index (χ3v) is 5.74. The first-order chi connectivity index (χ1) is 7.87. The molecule has 0 saturated heterocycles. The fraction of sp³-hybridized carbons (Fsp3) is 0.727. The normalized spacial score (nSPS) is 42.2. The van der Waals surface area contributed by atoms with Crippen molar-refractivity contribution in [3.63, 3.8) is 0 Å². The summed E-state index contributed by atoms with van der Waals surface area (Å²) in [6, 6.07) is 0. The van der Waals surface area contributed by atoms with Gasteiger partial charge in [0.25, 0.3) is 0 Å². The lowest BCUT2D eigenvalue weighted by atomic mass is 9.70. The number of rotatable bonds is 2. The van der Waals surface area contributed by atoms with Gasteiger partial charge in [0.15, 0.2) is 5.78 Å². The van der Waals surface area contributed by atoms with Gasteiger partial charge < -0.3 is 11.5 Å². The van der Waals surface area contributed by atoms with Crippen LogP contribution in [0.3, 0.4) is 0 Å². The number of halogens is 1. The summed E-state index contributed by atoms with van der Waals surface area (Å²) in [5.74, 6) is 0.141. The molecule has 2 aliphatic rings. The van der Waals surface area contributed by atoms with Crippen LogP contribution in [0, 0.1) is 16.7 Å². The van der Waals surface area contributed by atoms with Crippen molar-refractivity contribution >= 4 is 33.4 Å². The Labute approximate surface area is 109 Å². The summed E-state index contributed by atoms with van der Waals surface area (Å²) in [4.78, 5) is 12.4. The largest absolute Gasteiger partial charge is 0.369 e. The van der Waals surface area contributed by atoms with Crippen LogP contribution in [0.5, 0.6) is 0 Å². The number of fused-ring (bicyclic) bond motifs is 2. The molecular weight excluding hydrogens is 284 g/mol. The molecule has 17 heavy (non-hydrogen) atoms. The van der Waals surface area contributed by atoms with E-state index in [0.717, 1.165) is 18.2 Å². The fourth-order valence-corrected chi connectivity index (χ4v) is 4.15. The molecule has 0 aliphatic heterocycles. The van der Waals surface area contributed by atoms with E-state index in [-0.39, 0.29) is 28.5 Å². The zero-order valence-corrected chi connectivity index (χ0v) is 11.6. The lowest BCUT2D eigenvalue weighted by molar-refractivity contribution is -0.123. The molecule has 94 valence electrons. The lowest BCUT2D eigenvalue weighted by Crippen LogP contribution is -2.36. The Balaban J connectivity index is 2.46. The zero-order valence-electron chi connectivity index (χ0n) is 10.0. The molecule has 2 fully saturated rings. The summed E-state index contributed by atoms with van der Waals surface area (Å²) in [5.41, 5.74) is 10.6. The number of hydrogen-bond donors (Lipinski definition) is 2. The maximum atomic E-state index is 12.4. The summed E-state index contributed by atoms with van der Waals surface area (Å²) >= 11 is 3.53. The first kappa shape index (κ1) is 12.5. The summed E-state index contributed by atoms with van der Waals surface area (Å²) in [6.45, 7) is 4.16. The van der Waals surface area contributed by atoms with Gasteiger partial charge in [-0.25, -0.2) is 0 Å². The topological polar surface area (TPSA) is 93.8 Å². The van der Waals surface area contributed by atoms with E-state index in [0.29, 0.717) is 5.71 Å². The Morgan fingerprint density at radius 2 is 2.18 bits per heavy atom. The fourth-order valence-electron chi connectivity index (χ4n) is 3.14. The van der Waals surface area contributed by atoms with Gasteiger partial charge in [0.1, 0.15) is 5.71 Å². The molecule has 0 aromatic rings. The number of ketones is 1. The molecule has 0 aromatic carbocycles. The highest BCUT2D eigenvalue weighted by atomic mass is 79.9. The number of hydrogen-bond acceptors (Lipinski definition) is 3. The van der Waals surface area contributed by atoms with Gasteiger partial charge in [-0.2, -0.15) is 0 Å². The minimum absolute atomic E-state index is 0.0816. The standard InChI is InChI=1S/C11H17BrN4O/c1-10-4-3-6(11(10,2)5-12)7(8(10)17)15-16-9(13)14/h6H,3-5H2,1-2H3,(H4,13,14,16)/b15-7+/t6-,10+,11-/m0/s1. The van der Waals surface area contributed by atoms with Crippen LogP contribution in [-0.2, 0) is 4.79 Å². The van der Waals surface area contributed by atoms with Crippen molar-refractivity contribution in [3.05, 3.63) is 0 Å². The van der Waals surface area contributed by atoms with Crippen LogP contribution in [-0.4, -0.2) is 22.8 Å². The summed E-state index contributed by atoms with van der Waals surface area (Å²) in [5, 5.41) is 8.38. The Morgan fingerprint density at radius 3 is 2.65 bits per heavy atom. The Kier molecular flexibility index (Phi) is 2.80. The molecule has 0 heterocycles. The molecule has 2 bridgehead atoms. The molecule has 2 aliphatic carbocycles. The van der Waals surface area contributed by atoms with E-state index in [4.69, 9.17) is 11.5 Å². The van der Waals surface area contributed by atoms with Crippen molar-refractivity contribution in [1.29, 1.82) is 0 Å². The van der Waals surface area contributed by atoms with Gasteiger partial charge in [0, 0.05) is 16.7 Å². The minimum Gasteiger partial charge on any atom is -0.369 e. The lowest BCUT2D eigenvalue weighted by Gasteiger charge is -2.33. The Bertz CT molecular complexity index is 429. The van der Waals surface area contributed by atoms with Gasteiger partial charge in [0.2, 0.25) is 5.96 Å². The van der Waals surface area contributed by atoms with Crippen molar-refractivity contribution in [2.45, 2.75) is 26.7 Å². The van der Waals surface area contributed by atoms with E-state index < -0.39 is 0 Å². The van der Waals surface area contributed by atoms with Gasteiger partial charge in [0.05, 0.1) is 0 Å². The van der Waals surface area contributed by atoms with Gasteiger partial charge in [-0.05, 0) is 18.3 Å². The number of alkyl halides is 1. The third-order valence-electron chi connectivity index (χ3n) is 4.58. The summed E-state index contributed by atoms with van der Waals surface area (Å²) < 4.78 is 0. The maximum absolute atomic E-state index is 12.4. The van der Waals surface area contributed by atoms with Crippen molar-refractivity contribution < 1.29 is 4.79 Å². The van der Waals surface area contributed by atoms with E-state index >= 15 is 0 Å². The Hall–Kier alpha value is -0.910. The summed E-state index contributed by atoms with van der Waals surface area (Å²) in [6.07, 6.45) is 1.89. The van der Waals surface area contributed by atoms with Crippen LogP contribution in [0.2, 0.25) is 0 Å². The molecule has 0 unspecified atom stereocenters. The predicted octanol–water partition coefficient (Wildman–Crippen LogP) is 1.02. The van der Waals surface area contributed by atoms with Crippen LogP contribution in [0.25, 0.3) is 0 Å². The molecule has 0 spiro atoms. The molecule has 0 aromatic heterocycles. The highest BCUT2D eigenvalue weighted by Crippen LogP contribution is 2.63. The SMILES string of the molecule is C[C@]1(CBr)[C@H]2CC[C@]1(C)C(=O)/C2=N/N=C(N)N. The third kappa shape index (κ3) is 1.46. The summed E-state index contributed by atoms with van der Waals surface area (Å²) in [7, 11) is 0. The van der Waals surface area contributed by atoms with E-state index in [2.05, 4.69) is 33.1 Å². The molecule has 0 amide bonds. The molecular formula is C11H17BrN4O. The molecule has 0 radical (unpaired) electrons. The Morgan fingerprint density at radius 1 is 1.53 bits per heavy atom. The van der Waals surface area contributed by atoms with Crippen molar-refractivity contribution in [2.75, 3.05) is 5.33 Å². The number of carbonyl (C=O) groups is 1. The van der Waals surface area contributed by atoms with Gasteiger partial charge in [-0.15, -0.1) is 10.2 Å². The van der Waals surface area contributed by atoms with Gasteiger partial charge in [-0.3, -0.25) is 4.79 Å². The maximum Gasteiger partial charge on any atom is 0.211 e. The van der Waals surface area contributed by atoms with E-state index in [1.165, 1.54) is 0 Å². The minimum atomic E-state index is -0.334. The van der Waals surface area contributed by atoms with Crippen LogP contribution < -0.4 is 11.5 Å². The smallest absolute Gasteiger partial charge is 0.211 e. The number of carbonyl (C=O) groups excluding carboxylic acids is 1. The van der Waals surface area contributed by atoms with E-state index in [1.807, 2.05) is 6.92 Å². The number of nitrogens with two attached hydrogens (primary N) is 2. The van der Waals surface area contributed by atoms with Crippen LogP contribution >= 0.6 is 15.9 Å². The number of nitrogens with zero attached hydrogens (tertiary/aromatic N) is 2. The second kappa shape index (κ2) is 3.80. The highest BCUT2D eigenvalue weighted by Gasteiger charge is 2.66. The number of Topliss-reactive ketones (excluding diaryl/α,β-unsaturated/α-hetero) is 1. The van der Waals surface area contributed by atoms with E-state index in [9.17, 15) is 4.79 Å². The molecule has 5 nitrogen and oxygen atoms in total. The first-order valence-corrected chi connectivity index (χ1v) is 6.76. The zero-order chi connectivity index (χ0) is 12.8. The van der Waals surface area contributed by atoms with Crippen molar-refractivity contribution in [2.24, 2.45) is 38.4 Å². The average Bonchev–Trinajstić information content (AvgIpc) is 2.62.